The van der Waals surface area contributed by atoms with Gasteiger partial charge in [-0.05, 0) is 114 Å². The van der Waals surface area contributed by atoms with E-state index in [4.69, 9.17) is 26.0 Å². The van der Waals surface area contributed by atoms with Crippen LogP contribution in [0.2, 0.25) is 0 Å². The van der Waals surface area contributed by atoms with Gasteiger partial charge in [-0.3, -0.25) is 28.7 Å². The predicted octanol–water partition coefficient (Wildman–Crippen LogP) is 8.47. The number of alkyl halides is 3. The van der Waals surface area contributed by atoms with Crippen LogP contribution in [0.1, 0.15) is 143 Å². The largest absolute Gasteiger partial charge is 0.481 e. The van der Waals surface area contributed by atoms with Gasteiger partial charge in [0.2, 0.25) is 5.78 Å². The molecule has 7 N–H and O–H groups in total. The molecule has 0 saturated heterocycles. The Bertz CT molecular complexity index is 2100. The molecule has 2 amide bonds. The van der Waals surface area contributed by atoms with Crippen LogP contribution in [-0.4, -0.2) is 98.6 Å². The van der Waals surface area contributed by atoms with E-state index in [0.717, 1.165) is 0 Å². The number of Topliss-reactive ketones (excluding diaryl/α,β-unsaturated/α-hetero) is 1. The Morgan fingerprint density at radius 1 is 0.686 bits per heavy atom. The smallest absolute Gasteiger partial charge is 0.449 e. The number of carbonyl (C=O) groups is 6. The lowest BCUT2D eigenvalue weighted by Gasteiger charge is -2.32. The van der Waals surface area contributed by atoms with Crippen molar-refractivity contribution in [2.24, 2.45) is 36.0 Å². The molecule has 4 unspecified atom stereocenters. The lowest BCUT2D eigenvalue weighted by Crippen LogP contribution is -2.52. The van der Waals surface area contributed by atoms with Crippen molar-refractivity contribution in [1.82, 2.24) is 20.0 Å². The number of nitrogens with zero attached hydrogens (tertiary/aromatic N) is 2. The summed E-state index contributed by atoms with van der Waals surface area (Å²) in [6.07, 6.45) is -6.73. The highest BCUT2D eigenvalue weighted by molar-refractivity contribution is 5.85. The van der Waals surface area contributed by atoms with Gasteiger partial charge >= 0.3 is 36.3 Å². The average Bonchev–Trinajstić information content (AvgIpc) is 3.39. The molecule has 0 radical (unpaired) electrons. The molecule has 18 nitrogen and oxygen atoms in total. The maximum atomic E-state index is 12.7. The SMILES string of the molecule is CC(C(=O)O)C(C)(C)NC(=O)OC(C)(C)C.CC(c1c(N)c(=O)n(-c2ccccc2)n1C)C(C)(C)CC(=O)C(F)(F)F.COC(=O)C(C)C(C)(C)N.COC(=O)C(C)C(C)(C)NC(=O)OC(C)(C)C.Cl. The standard InChI is InChI=1S/C18H22F3N3O2.C12H23NO4.C11H21NO4.C7H15NO2.ClH/c1-11(17(2,3)10-13(25)18(19,20)21)15-14(22)16(26)24(23(15)4)12-8-6-5-7-9-12;1-8(9(14)16-7)12(5,6)13-10(15)17-11(2,3)4;1-7(8(13)14)11(5,6)12-9(15)16-10(2,3)4;1-5(6(9)10-4)7(2,3)8;/h5-9,11H,10,22H2,1-4H3;8H,1-7H3,(H,13,15);7H,1-6H3,(H,12,15)(H,13,14);5H,8H2,1-4H3;1H. The van der Waals surface area contributed by atoms with Gasteiger partial charge in [-0.15, -0.1) is 12.4 Å². The quantitative estimate of drug-likeness (QED) is 0.0931. The molecule has 22 heteroatoms. The highest BCUT2D eigenvalue weighted by Gasteiger charge is 2.44. The molecule has 0 aliphatic rings. The fourth-order valence-electron chi connectivity index (χ4n) is 5.66. The number of anilines is 1. The Balaban J connectivity index is -0.000000900. The monoisotopic (exact) mass is 1030 g/mol. The summed E-state index contributed by atoms with van der Waals surface area (Å²) in [4.78, 5) is 80.2. The third kappa shape index (κ3) is 23.1. The minimum Gasteiger partial charge on any atom is -0.481 e. The number of carboxylic acids is 1. The van der Waals surface area contributed by atoms with Crippen molar-refractivity contribution >= 4 is 54.0 Å². The molecular formula is C48H82ClF3N6O12. The van der Waals surface area contributed by atoms with Gasteiger partial charge in [0.05, 0.1) is 54.4 Å². The second kappa shape index (κ2) is 26.8. The lowest BCUT2D eigenvalue weighted by molar-refractivity contribution is -0.173. The van der Waals surface area contributed by atoms with E-state index < -0.39 is 93.1 Å². The number of carboxylic acid groups (broad SMARTS) is 1. The summed E-state index contributed by atoms with van der Waals surface area (Å²) in [5, 5.41) is 14.1. The van der Waals surface area contributed by atoms with Gasteiger partial charge in [-0.2, -0.15) is 13.2 Å². The van der Waals surface area contributed by atoms with Gasteiger partial charge in [-0.1, -0.05) is 45.9 Å². The normalized spacial score (nSPS) is 13.7. The molecule has 1 heterocycles. The molecule has 0 spiro atoms. The summed E-state index contributed by atoms with van der Waals surface area (Å²) in [5.41, 5.74) is 7.89. The van der Waals surface area contributed by atoms with E-state index in [2.05, 4.69) is 20.1 Å². The molecule has 0 aliphatic carbocycles. The third-order valence-corrected chi connectivity index (χ3v) is 11.3. The summed E-state index contributed by atoms with van der Waals surface area (Å²) in [7, 11) is 4.31. The minimum atomic E-state index is -4.88. The summed E-state index contributed by atoms with van der Waals surface area (Å²) >= 11 is 0. The van der Waals surface area contributed by atoms with Crippen LogP contribution in [0.3, 0.4) is 0 Å². The fourth-order valence-corrected chi connectivity index (χ4v) is 5.66. The van der Waals surface area contributed by atoms with Crippen molar-refractivity contribution < 1.29 is 66.0 Å². The van der Waals surface area contributed by atoms with Gasteiger partial charge in [0.15, 0.2) is 0 Å². The Morgan fingerprint density at radius 3 is 1.37 bits per heavy atom. The molecule has 70 heavy (non-hydrogen) atoms. The zero-order valence-corrected chi connectivity index (χ0v) is 45.7. The number of nitrogens with one attached hydrogen (secondary N) is 2. The van der Waals surface area contributed by atoms with Crippen molar-refractivity contribution in [3.63, 3.8) is 0 Å². The Hall–Kier alpha value is -5.31. The number of benzene rings is 1. The van der Waals surface area contributed by atoms with E-state index in [1.54, 1.807) is 162 Å². The highest BCUT2D eigenvalue weighted by atomic mass is 35.5. The second-order valence-electron chi connectivity index (χ2n) is 21.2. The number of hydrogen-bond acceptors (Lipinski definition) is 13. The first-order chi connectivity index (χ1) is 30.7. The number of ether oxygens (including phenoxy) is 4. The number of aliphatic carboxylic acids is 1. The molecule has 4 atom stereocenters. The van der Waals surface area contributed by atoms with Crippen LogP contribution in [0.4, 0.5) is 28.4 Å². The number of hydrogen-bond donors (Lipinski definition) is 5. The molecule has 404 valence electrons. The summed E-state index contributed by atoms with van der Waals surface area (Å²) in [5.74, 6) is -5.34. The van der Waals surface area contributed by atoms with Crippen molar-refractivity contribution in [3.8, 4) is 5.69 Å². The van der Waals surface area contributed by atoms with E-state index in [-0.39, 0.29) is 36.0 Å². The van der Waals surface area contributed by atoms with Crippen molar-refractivity contribution in [1.29, 1.82) is 0 Å². The molecule has 1 aromatic heterocycles. The van der Waals surface area contributed by atoms with Crippen LogP contribution >= 0.6 is 12.4 Å². The van der Waals surface area contributed by atoms with Gasteiger partial charge in [0, 0.05) is 24.9 Å². The van der Waals surface area contributed by atoms with Crippen LogP contribution in [0.15, 0.2) is 35.1 Å². The Labute approximate surface area is 417 Å². The zero-order valence-electron chi connectivity index (χ0n) is 44.9. The topological polar surface area (TPSA) is 263 Å². The van der Waals surface area contributed by atoms with Crippen LogP contribution in [0.25, 0.3) is 5.69 Å². The number of esters is 2. The van der Waals surface area contributed by atoms with Crippen LogP contribution in [-0.2, 0) is 45.2 Å². The second-order valence-corrected chi connectivity index (χ2v) is 21.2. The summed E-state index contributed by atoms with van der Waals surface area (Å²) in [6, 6.07) is 8.79. The van der Waals surface area contributed by atoms with Crippen LogP contribution in [0, 0.1) is 23.2 Å². The maximum absolute atomic E-state index is 12.7. The zero-order chi connectivity index (χ0) is 55.2. The number of para-hydroxylation sites is 1. The van der Waals surface area contributed by atoms with Crippen LogP contribution < -0.4 is 27.7 Å². The molecule has 1 aromatic carbocycles. The first-order valence-corrected chi connectivity index (χ1v) is 22.1. The highest BCUT2D eigenvalue weighted by Crippen LogP contribution is 2.41. The predicted molar refractivity (Wildman–Crippen MR) is 265 cm³/mol. The maximum Gasteiger partial charge on any atom is 0.449 e. The molecule has 2 rings (SSSR count). The molecule has 2 aromatic rings. The molecule has 0 aliphatic heterocycles. The number of amides is 2. The number of aromatic nitrogens is 2. The summed E-state index contributed by atoms with van der Waals surface area (Å²) < 4.78 is 60.2. The number of halogens is 4. The summed E-state index contributed by atoms with van der Waals surface area (Å²) in [6.45, 7) is 30.8. The number of rotatable bonds is 13. The van der Waals surface area contributed by atoms with E-state index in [1.165, 1.54) is 23.6 Å². The van der Waals surface area contributed by atoms with Crippen molar-refractivity contribution in [3.05, 3.63) is 46.4 Å². The van der Waals surface area contributed by atoms with Crippen molar-refractivity contribution in [2.45, 2.75) is 171 Å². The van der Waals surface area contributed by atoms with Gasteiger partial charge in [-0.25, -0.2) is 14.3 Å². The van der Waals surface area contributed by atoms with E-state index in [1.807, 2.05) is 0 Å². The molecule has 0 saturated carbocycles. The average molecular weight is 1030 g/mol. The van der Waals surface area contributed by atoms with Crippen molar-refractivity contribution in [2.75, 3.05) is 20.0 Å². The number of methoxy groups -OCH3 is 2. The number of ketones is 1. The number of alkyl carbamates (subject to hydrolysis) is 2. The van der Waals surface area contributed by atoms with Crippen LogP contribution in [0.5, 0.6) is 0 Å². The third-order valence-electron chi connectivity index (χ3n) is 11.3. The van der Waals surface area contributed by atoms with E-state index in [9.17, 15) is 46.7 Å². The number of carbonyl (C=O) groups excluding carboxylic acids is 5. The van der Waals surface area contributed by atoms with E-state index in [0.29, 0.717) is 11.4 Å². The number of nitrogen functional groups attached to an aromatic ring is 1. The Morgan fingerprint density at radius 2 is 1.06 bits per heavy atom. The minimum absolute atomic E-state index is 0. The molecular weight excluding hydrogens is 945 g/mol. The van der Waals surface area contributed by atoms with Gasteiger partial charge in [0.25, 0.3) is 5.56 Å². The Kier molecular flexibility index (Phi) is 26.4. The fraction of sp³-hybridized carbons (Fsp3) is 0.688. The van der Waals surface area contributed by atoms with Gasteiger partial charge in [0.1, 0.15) is 16.9 Å². The molecule has 0 fully saturated rings. The molecule has 0 bridgehead atoms. The van der Waals surface area contributed by atoms with E-state index >= 15 is 0 Å². The van der Waals surface area contributed by atoms with Gasteiger partial charge < -0.3 is 46.2 Å². The first kappa shape index (κ1) is 69.0. The number of nitrogens with two attached hydrogens (primary N) is 2. The lowest BCUT2D eigenvalue weighted by atomic mass is 9.74. The first-order valence-electron chi connectivity index (χ1n) is 22.1.